The topological polar surface area (TPSA) is 29.0 Å². The first-order valence-corrected chi connectivity index (χ1v) is 8.12. The molecule has 2 rings (SSSR count). The number of halogens is 1. The lowest BCUT2D eigenvalue weighted by atomic mass is 9.89. The molecule has 0 atom stereocenters. The van der Waals surface area contributed by atoms with E-state index in [1.807, 2.05) is 6.92 Å². The Balaban J connectivity index is 2.17. The molecule has 0 aliphatic heterocycles. The molecule has 0 bridgehead atoms. The van der Waals surface area contributed by atoms with Crippen molar-refractivity contribution in [3.63, 3.8) is 0 Å². The van der Waals surface area contributed by atoms with Gasteiger partial charge in [0.2, 0.25) is 0 Å². The quantitative estimate of drug-likeness (QED) is 0.761. The predicted molar refractivity (Wildman–Crippen MR) is 85.7 cm³/mol. The van der Waals surface area contributed by atoms with Crippen molar-refractivity contribution in [3.8, 4) is 0 Å². The van der Waals surface area contributed by atoms with Gasteiger partial charge in [0.25, 0.3) is 0 Å². The number of hydrogen-bond donors (Lipinski definition) is 0. The molecule has 1 fully saturated rings. The highest BCUT2D eigenvalue weighted by Gasteiger charge is 2.19. The molecular weight excluding hydrogens is 270 g/mol. The Labute approximate surface area is 127 Å². The Morgan fingerprint density at radius 1 is 1.20 bits per heavy atom. The van der Waals surface area contributed by atoms with Crippen LogP contribution in [0.1, 0.15) is 63.3 Å². The molecule has 4 heteroatoms. The van der Waals surface area contributed by atoms with E-state index < -0.39 is 0 Å². The second-order valence-electron chi connectivity index (χ2n) is 6.36. The highest BCUT2D eigenvalue weighted by atomic mass is 35.5. The first-order chi connectivity index (χ1) is 9.49. The van der Waals surface area contributed by atoms with Crippen LogP contribution < -0.4 is 4.90 Å². The van der Waals surface area contributed by atoms with Gasteiger partial charge in [0.05, 0.1) is 0 Å². The summed E-state index contributed by atoms with van der Waals surface area (Å²) in [5.74, 6) is 2.93. The molecule has 1 heterocycles. The highest BCUT2D eigenvalue weighted by Crippen LogP contribution is 2.29. The third-order valence-corrected chi connectivity index (χ3v) is 4.58. The molecule has 1 saturated carbocycles. The third kappa shape index (κ3) is 3.63. The number of anilines is 1. The largest absolute Gasteiger partial charge is 0.359 e. The van der Waals surface area contributed by atoms with Crippen molar-refractivity contribution in [3.05, 3.63) is 16.5 Å². The van der Waals surface area contributed by atoms with Crippen LogP contribution in [0.25, 0.3) is 0 Å². The summed E-state index contributed by atoms with van der Waals surface area (Å²) in [6, 6.07) is 0. The molecule has 0 N–H and O–H groups in total. The Hall–Kier alpha value is -0.830. The van der Waals surface area contributed by atoms with E-state index >= 15 is 0 Å². The maximum Gasteiger partial charge on any atom is 0.137 e. The fourth-order valence-electron chi connectivity index (χ4n) is 2.97. The lowest BCUT2D eigenvalue weighted by molar-refractivity contribution is 0.361. The van der Waals surface area contributed by atoms with E-state index in [2.05, 4.69) is 30.8 Å². The Kier molecular flexibility index (Phi) is 5.25. The predicted octanol–water partition coefficient (Wildman–Crippen LogP) is 4.58. The molecule has 0 spiro atoms. The van der Waals surface area contributed by atoms with Gasteiger partial charge in [0.1, 0.15) is 16.8 Å². The molecule has 3 nitrogen and oxygen atoms in total. The zero-order chi connectivity index (χ0) is 14.7. The molecule has 0 amide bonds. The fraction of sp³-hybridized carbons (Fsp3) is 0.750. The van der Waals surface area contributed by atoms with Crippen molar-refractivity contribution < 1.29 is 0 Å². The zero-order valence-electron chi connectivity index (χ0n) is 13.1. The second-order valence-corrected chi connectivity index (χ2v) is 6.72. The van der Waals surface area contributed by atoms with Crippen LogP contribution in [0.5, 0.6) is 0 Å². The van der Waals surface area contributed by atoms with Crippen LogP contribution in [0.3, 0.4) is 0 Å². The van der Waals surface area contributed by atoms with Gasteiger partial charge in [-0.2, -0.15) is 0 Å². The Morgan fingerprint density at radius 3 is 2.45 bits per heavy atom. The van der Waals surface area contributed by atoms with Gasteiger partial charge in [-0.25, -0.2) is 9.97 Å². The van der Waals surface area contributed by atoms with Gasteiger partial charge in [-0.3, -0.25) is 0 Å². The van der Waals surface area contributed by atoms with Gasteiger partial charge in [0, 0.05) is 25.1 Å². The molecule has 20 heavy (non-hydrogen) atoms. The van der Waals surface area contributed by atoms with Crippen molar-refractivity contribution in [2.24, 2.45) is 5.92 Å². The SMILES string of the molecule is Cc1c(Cl)nc(C(C)C)nc1N(C)CC1CCCCC1. The lowest BCUT2D eigenvalue weighted by Gasteiger charge is -2.29. The number of hydrogen-bond acceptors (Lipinski definition) is 3. The van der Waals surface area contributed by atoms with Crippen LogP contribution in [-0.4, -0.2) is 23.6 Å². The van der Waals surface area contributed by atoms with E-state index in [0.29, 0.717) is 11.1 Å². The Bertz CT molecular complexity index is 453. The molecule has 1 aromatic rings. The molecule has 1 aliphatic carbocycles. The summed E-state index contributed by atoms with van der Waals surface area (Å²) in [6.07, 6.45) is 6.84. The summed E-state index contributed by atoms with van der Waals surface area (Å²) < 4.78 is 0. The molecular formula is C16H26ClN3. The van der Waals surface area contributed by atoms with Gasteiger partial charge in [-0.15, -0.1) is 0 Å². The summed E-state index contributed by atoms with van der Waals surface area (Å²) in [6.45, 7) is 7.29. The van der Waals surface area contributed by atoms with Gasteiger partial charge in [-0.05, 0) is 25.7 Å². The lowest BCUT2D eigenvalue weighted by Crippen LogP contribution is -2.28. The van der Waals surface area contributed by atoms with Crippen molar-refractivity contribution in [2.45, 2.75) is 58.8 Å². The molecule has 1 aromatic heterocycles. The van der Waals surface area contributed by atoms with E-state index in [-0.39, 0.29) is 0 Å². The molecule has 112 valence electrons. The minimum absolute atomic E-state index is 0.301. The van der Waals surface area contributed by atoms with E-state index in [9.17, 15) is 0 Å². The van der Waals surface area contributed by atoms with Crippen LogP contribution in [0, 0.1) is 12.8 Å². The van der Waals surface area contributed by atoms with Crippen LogP contribution in [0.2, 0.25) is 5.15 Å². The maximum atomic E-state index is 6.27. The summed E-state index contributed by atoms with van der Waals surface area (Å²) in [5, 5.41) is 0.592. The maximum absolute atomic E-state index is 6.27. The summed E-state index contributed by atoms with van der Waals surface area (Å²) in [7, 11) is 2.13. The van der Waals surface area contributed by atoms with Crippen LogP contribution in [0.15, 0.2) is 0 Å². The van der Waals surface area contributed by atoms with Gasteiger partial charge < -0.3 is 4.90 Å². The van der Waals surface area contributed by atoms with Crippen molar-refractivity contribution in [2.75, 3.05) is 18.5 Å². The van der Waals surface area contributed by atoms with Gasteiger partial charge in [-0.1, -0.05) is 44.7 Å². The van der Waals surface area contributed by atoms with E-state index in [4.69, 9.17) is 16.6 Å². The standard InChI is InChI=1S/C16H26ClN3/c1-11(2)15-18-14(17)12(3)16(19-15)20(4)10-13-8-6-5-7-9-13/h11,13H,5-10H2,1-4H3. The molecule has 1 aliphatic rings. The molecule has 0 aromatic carbocycles. The van der Waals surface area contributed by atoms with E-state index in [1.54, 1.807) is 0 Å². The fourth-order valence-corrected chi connectivity index (χ4v) is 3.14. The van der Waals surface area contributed by atoms with Crippen LogP contribution in [-0.2, 0) is 0 Å². The third-order valence-electron chi connectivity index (χ3n) is 4.21. The smallest absolute Gasteiger partial charge is 0.137 e. The second kappa shape index (κ2) is 6.75. The summed E-state index contributed by atoms with van der Waals surface area (Å²) >= 11 is 6.27. The first-order valence-electron chi connectivity index (χ1n) is 7.74. The number of rotatable bonds is 4. The van der Waals surface area contributed by atoms with Crippen molar-refractivity contribution >= 4 is 17.4 Å². The van der Waals surface area contributed by atoms with Crippen molar-refractivity contribution in [1.82, 2.24) is 9.97 Å². The van der Waals surface area contributed by atoms with Crippen LogP contribution >= 0.6 is 11.6 Å². The number of nitrogens with zero attached hydrogens (tertiary/aromatic N) is 3. The van der Waals surface area contributed by atoms with Crippen molar-refractivity contribution in [1.29, 1.82) is 0 Å². The average molecular weight is 296 g/mol. The van der Waals surface area contributed by atoms with Gasteiger partial charge >= 0.3 is 0 Å². The zero-order valence-corrected chi connectivity index (χ0v) is 13.9. The number of aromatic nitrogens is 2. The van der Waals surface area contributed by atoms with E-state index in [0.717, 1.165) is 29.7 Å². The summed E-state index contributed by atoms with van der Waals surface area (Å²) in [5.41, 5.74) is 0.995. The molecule has 0 saturated heterocycles. The average Bonchev–Trinajstić information content (AvgIpc) is 2.42. The normalized spacial score (nSPS) is 16.7. The monoisotopic (exact) mass is 295 g/mol. The molecule has 0 radical (unpaired) electrons. The molecule has 0 unspecified atom stereocenters. The minimum Gasteiger partial charge on any atom is -0.359 e. The first kappa shape index (κ1) is 15.6. The van der Waals surface area contributed by atoms with Gasteiger partial charge in [0.15, 0.2) is 0 Å². The Morgan fingerprint density at radius 2 is 1.85 bits per heavy atom. The summed E-state index contributed by atoms with van der Waals surface area (Å²) in [4.78, 5) is 11.4. The van der Waals surface area contributed by atoms with E-state index in [1.165, 1.54) is 32.1 Å². The minimum atomic E-state index is 0.301. The highest BCUT2D eigenvalue weighted by molar-refractivity contribution is 6.30. The van der Waals surface area contributed by atoms with Crippen LogP contribution in [0.4, 0.5) is 5.82 Å².